The fourth-order valence-corrected chi connectivity index (χ4v) is 3.39. The van der Waals surface area contributed by atoms with Crippen LogP contribution in [0.5, 0.6) is 0 Å². The molecular formula is C19H30N2O5. The van der Waals surface area contributed by atoms with Crippen LogP contribution in [-0.2, 0) is 19.0 Å². The van der Waals surface area contributed by atoms with Gasteiger partial charge in [-0.3, -0.25) is 9.69 Å². The first-order valence-electron chi connectivity index (χ1n) is 9.56. The van der Waals surface area contributed by atoms with E-state index < -0.39 is 0 Å². The van der Waals surface area contributed by atoms with Crippen molar-refractivity contribution >= 4 is 5.91 Å². The quantitative estimate of drug-likeness (QED) is 0.670. The lowest BCUT2D eigenvalue weighted by molar-refractivity contribution is -0.122. The monoisotopic (exact) mass is 366 g/mol. The molecule has 0 aromatic carbocycles. The molecule has 3 rings (SSSR count). The molecular weight excluding hydrogens is 336 g/mol. The Kier molecular flexibility index (Phi) is 7.49. The van der Waals surface area contributed by atoms with Crippen LogP contribution in [-0.4, -0.2) is 69.6 Å². The minimum Gasteiger partial charge on any atom is -0.465 e. The Labute approximate surface area is 155 Å². The molecule has 1 aromatic heterocycles. The average molecular weight is 366 g/mol. The summed E-state index contributed by atoms with van der Waals surface area (Å²) in [7, 11) is 0. The number of furan rings is 1. The summed E-state index contributed by atoms with van der Waals surface area (Å²) in [5, 5.41) is 3.02. The number of nitrogens with zero attached hydrogens (tertiary/aromatic N) is 1. The van der Waals surface area contributed by atoms with Gasteiger partial charge in [-0.15, -0.1) is 0 Å². The SMILES string of the molecule is Cc1ccc(C(CNC(=O)CCOCC2CCCO2)N2CCOCC2)o1. The van der Waals surface area contributed by atoms with Crippen molar-refractivity contribution in [1.29, 1.82) is 0 Å². The highest BCUT2D eigenvalue weighted by molar-refractivity contribution is 5.76. The Balaban J connectivity index is 1.42. The van der Waals surface area contributed by atoms with Crippen molar-refractivity contribution in [3.63, 3.8) is 0 Å². The Hall–Kier alpha value is -1.41. The van der Waals surface area contributed by atoms with Crippen molar-refractivity contribution in [3.05, 3.63) is 23.7 Å². The summed E-state index contributed by atoms with van der Waals surface area (Å²) in [6.45, 7) is 7.38. The van der Waals surface area contributed by atoms with Gasteiger partial charge in [0.25, 0.3) is 0 Å². The van der Waals surface area contributed by atoms with Gasteiger partial charge in [0, 0.05) is 32.7 Å². The maximum Gasteiger partial charge on any atom is 0.222 e. The lowest BCUT2D eigenvalue weighted by atomic mass is 10.1. The lowest BCUT2D eigenvalue weighted by Crippen LogP contribution is -2.43. The number of morpholine rings is 1. The zero-order valence-electron chi connectivity index (χ0n) is 15.6. The highest BCUT2D eigenvalue weighted by atomic mass is 16.5. The van der Waals surface area contributed by atoms with E-state index in [0.29, 0.717) is 39.4 Å². The number of aryl methyl sites for hydroxylation is 1. The van der Waals surface area contributed by atoms with E-state index in [4.69, 9.17) is 18.6 Å². The second kappa shape index (κ2) is 10.1. The average Bonchev–Trinajstić information content (AvgIpc) is 3.32. The maximum absolute atomic E-state index is 12.2. The molecule has 2 aliphatic heterocycles. The van der Waals surface area contributed by atoms with Crippen LogP contribution in [0.15, 0.2) is 16.5 Å². The van der Waals surface area contributed by atoms with Gasteiger partial charge in [0.1, 0.15) is 11.5 Å². The molecule has 2 saturated heterocycles. The summed E-state index contributed by atoms with van der Waals surface area (Å²) in [6.07, 6.45) is 2.71. The van der Waals surface area contributed by atoms with Crippen LogP contribution < -0.4 is 5.32 Å². The molecule has 1 aromatic rings. The minimum absolute atomic E-state index is 0.00104. The molecule has 146 valence electrons. The van der Waals surface area contributed by atoms with Crippen LogP contribution in [0.1, 0.15) is 36.8 Å². The van der Waals surface area contributed by atoms with Crippen LogP contribution in [0.3, 0.4) is 0 Å². The second-order valence-corrected chi connectivity index (χ2v) is 6.88. The van der Waals surface area contributed by atoms with Crippen LogP contribution in [0, 0.1) is 6.92 Å². The number of rotatable bonds is 9. The predicted octanol–water partition coefficient (Wildman–Crippen LogP) is 1.66. The summed E-state index contributed by atoms with van der Waals surface area (Å²) >= 11 is 0. The molecule has 2 fully saturated rings. The Morgan fingerprint density at radius 2 is 2.19 bits per heavy atom. The lowest BCUT2D eigenvalue weighted by Gasteiger charge is -2.33. The van der Waals surface area contributed by atoms with Crippen LogP contribution in [0.4, 0.5) is 0 Å². The van der Waals surface area contributed by atoms with Gasteiger partial charge in [-0.2, -0.15) is 0 Å². The standard InChI is InChI=1S/C19H30N2O5/c1-15-4-5-18(26-15)17(21-7-11-23-12-8-21)13-20-19(22)6-10-24-14-16-3-2-9-25-16/h4-5,16-17H,2-3,6-14H2,1H3,(H,20,22). The molecule has 1 amide bonds. The molecule has 3 heterocycles. The smallest absolute Gasteiger partial charge is 0.222 e. The first-order valence-corrected chi connectivity index (χ1v) is 9.56. The number of carbonyl (C=O) groups excluding carboxylic acids is 1. The third kappa shape index (κ3) is 5.81. The van der Waals surface area contributed by atoms with Crippen molar-refractivity contribution in [3.8, 4) is 0 Å². The minimum atomic E-state index is -0.00104. The molecule has 2 unspecified atom stereocenters. The number of hydrogen-bond donors (Lipinski definition) is 1. The van der Waals surface area contributed by atoms with Gasteiger partial charge in [0.15, 0.2) is 0 Å². The Bertz CT molecular complexity index is 550. The molecule has 1 N–H and O–H groups in total. The third-order valence-corrected chi connectivity index (χ3v) is 4.87. The van der Waals surface area contributed by atoms with Crippen molar-refractivity contribution < 1.29 is 23.4 Å². The number of ether oxygens (including phenoxy) is 3. The zero-order valence-corrected chi connectivity index (χ0v) is 15.6. The van der Waals surface area contributed by atoms with Gasteiger partial charge in [0.2, 0.25) is 5.91 Å². The largest absolute Gasteiger partial charge is 0.465 e. The molecule has 7 nitrogen and oxygen atoms in total. The van der Waals surface area contributed by atoms with Crippen molar-refractivity contribution in [2.75, 3.05) is 52.7 Å². The number of amides is 1. The van der Waals surface area contributed by atoms with E-state index in [1.807, 2.05) is 19.1 Å². The molecule has 2 aliphatic rings. The van der Waals surface area contributed by atoms with E-state index in [-0.39, 0.29) is 18.1 Å². The van der Waals surface area contributed by atoms with E-state index >= 15 is 0 Å². The molecule has 0 aliphatic carbocycles. The van der Waals surface area contributed by atoms with Crippen molar-refractivity contribution in [2.24, 2.45) is 0 Å². The van der Waals surface area contributed by atoms with Crippen LogP contribution >= 0.6 is 0 Å². The van der Waals surface area contributed by atoms with Gasteiger partial charge < -0.3 is 23.9 Å². The molecule has 0 spiro atoms. The van der Waals surface area contributed by atoms with Gasteiger partial charge >= 0.3 is 0 Å². The molecule has 7 heteroatoms. The fourth-order valence-electron chi connectivity index (χ4n) is 3.39. The number of nitrogens with one attached hydrogen (secondary N) is 1. The summed E-state index contributed by atoms with van der Waals surface area (Å²) in [5.41, 5.74) is 0. The zero-order chi connectivity index (χ0) is 18.2. The van der Waals surface area contributed by atoms with E-state index in [1.165, 1.54) is 0 Å². The molecule has 26 heavy (non-hydrogen) atoms. The van der Waals surface area contributed by atoms with Crippen LogP contribution in [0.2, 0.25) is 0 Å². The van der Waals surface area contributed by atoms with E-state index in [1.54, 1.807) is 0 Å². The third-order valence-electron chi connectivity index (χ3n) is 4.87. The second-order valence-electron chi connectivity index (χ2n) is 6.88. The number of hydrogen-bond acceptors (Lipinski definition) is 6. The van der Waals surface area contributed by atoms with Gasteiger partial charge in [-0.05, 0) is 31.9 Å². The summed E-state index contributed by atoms with van der Waals surface area (Å²) in [5.74, 6) is 1.77. The number of carbonyl (C=O) groups is 1. The Morgan fingerprint density at radius 3 is 2.88 bits per heavy atom. The van der Waals surface area contributed by atoms with Crippen LogP contribution in [0.25, 0.3) is 0 Å². The fraction of sp³-hybridized carbons (Fsp3) is 0.737. The molecule has 2 atom stereocenters. The van der Waals surface area contributed by atoms with Gasteiger partial charge in [0.05, 0.1) is 38.6 Å². The molecule has 0 bridgehead atoms. The summed E-state index contributed by atoms with van der Waals surface area (Å²) < 4.78 is 22.3. The first kappa shape index (κ1) is 19.4. The highest BCUT2D eigenvalue weighted by Gasteiger charge is 2.25. The highest BCUT2D eigenvalue weighted by Crippen LogP contribution is 2.23. The first-order chi connectivity index (χ1) is 12.7. The van der Waals surface area contributed by atoms with E-state index in [2.05, 4.69) is 10.2 Å². The van der Waals surface area contributed by atoms with Gasteiger partial charge in [-0.25, -0.2) is 0 Å². The molecule has 0 saturated carbocycles. The summed E-state index contributed by atoms with van der Waals surface area (Å²) in [6, 6.07) is 3.99. The van der Waals surface area contributed by atoms with E-state index in [9.17, 15) is 4.79 Å². The molecule has 0 radical (unpaired) electrons. The van der Waals surface area contributed by atoms with Crippen molar-refractivity contribution in [2.45, 2.75) is 38.3 Å². The summed E-state index contributed by atoms with van der Waals surface area (Å²) in [4.78, 5) is 14.5. The van der Waals surface area contributed by atoms with Gasteiger partial charge in [-0.1, -0.05) is 0 Å². The topological polar surface area (TPSA) is 73.2 Å². The Morgan fingerprint density at radius 1 is 1.35 bits per heavy atom. The predicted molar refractivity (Wildman–Crippen MR) is 96.0 cm³/mol. The maximum atomic E-state index is 12.2. The van der Waals surface area contributed by atoms with E-state index in [0.717, 1.165) is 44.1 Å². The normalized spacial score (nSPS) is 22.4. The van der Waals surface area contributed by atoms with Crippen molar-refractivity contribution in [1.82, 2.24) is 10.2 Å².